The molecule has 0 bridgehead atoms. The van der Waals surface area contributed by atoms with Gasteiger partial charge in [-0.3, -0.25) is 0 Å². The number of benzene rings is 1. The minimum absolute atomic E-state index is 0.311. The fourth-order valence-corrected chi connectivity index (χ4v) is 1.70. The minimum Gasteiger partial charge on any atom is -0.471 e. The molecule has 0 N–H and O–H groups in total. The van der Waals surface area contributed by atoms with Crippen LogP contribution in [-0.2, 0) is 10.3 Å². The summed E-state index contributed by atoms with van der Waals surface area (Å²) < 4.78 is 18.6. The standard InChI is InChI=1S/C11H10ClFNO/c1-7-3-8(10(13)4-9(7)12)11(2)5-15-6-14-11/h3-4H,5H2,1-2H3. The van der Waals surface area contributed by atoms with Crippen LogP contribution in [-0.4, -0.2) is 13.0 Å². The van der Waals surface area contributed by atoms with Gasteiger partial charge in [-0.15, -0.1) is 0 Å². The highest BCUT2D eigenvalue weighted by atomic mass is 35.5. The number of ether oxygens (including phenoxy) is 1. The molecule has 79 valence electrons. The van der Waals surface area contributed by atoms with Crippen molar-refractivity contribution in [3.8, 4) is 0 Å². The second kappa shape index (κ2) is 3.49. The predicted molar refractivity (Wildman–Crippen MR) is 56.9 cm³/mol. The van der Waals surface area contributed by atoms with E-state index in [1.54, 1.807) is 13.0 Å². The Labute approximate surface area is 92.7 Å². The molecule has 1 radical (unpaired) electrons. The van der Waals surface area contributed by atoms with Gasteiger partial charge < -0.3 is 4.74 Å². The summed E-state index contributed by atoms with van der Waals surface area (Å²) in [5.41, 5.74) is 0.644. The fourth-order valence-electron chi connectivity index (χ4n) is 1.55. The third-order valence-corrected chi connectivity index (χ3v) is 2.95. The SMILES string of the molecule is Cc1cc(C2(C)CO[C]=N2)c(F)cc1Cl. The molecule has 4 heteroatoms. The molecule has 2 rings (SSSR count). The van der Waals surface area contributed by atoms with Crippen molar-refractivity contribution in [2.24, 2.45) is 4.99 Å². The molecule has 1 atom stereocenters. The van der Waals surface area contributed by atoms with Gasteiger partial charge in [0.25, 0.3) is 6.40 Å². The monoisotopic (exact) mass is 226 g/mol. The van der Waals surface area contributed by atoms with Crippen LogP contribution in [0.25, 0.3) is 0 Å². The van der Waals surface area contributed by atoms with Crippen LogP contribution >= 0.6 is 11.6 Å². The molecular weight excluding hydrogens is 217 g/mol. The summed E-state index contributed by atoms with van der Waals surface area (Å²) in [6, 6.07) is 3.02. The molecule has 1 aliphatic heterocycles. The quantitative estimate of drug-likeness (QED) is 0.722. The van der Waals surface area contributed by atoms with Gasteiger partial charge in [0.1, 0.15) is 18.0 Å². The molecule has 2 nitrogen and oxygen atoms in total. The Morgan fingerprint density at radius 1 is 1.60 bits per heavy atom. The van der Waals surface area contributed by atoms with E-state index in [0.717, 1.165) is 5.56 Å². The minimum atomic E-state index is -0.681. The number of halogens is 2. The molecule has 0 saturated heterocycles. The van der Waals surface area contributed by atoms with Gasteiger partial charge in [0.2, 0.25) is 0 Å². The third-order valence-electron chi connectivity index (χ3n) is 2.54. The molecule has 15 heavy (non-hydrogen) atoms. The lowest BCUT2D eigenvalue weighted by molar-refractivity contribution is 0.272. The zero-order valence-corrected chi connectivity index (χ0v) is 9.23. The Bertz CT molecular complexity index is 433. The molecule has 0 fully saturated rings. The number of hydrogen-bond donors (Lipinski definition) is 0. The first kappa shape index (κ1) is 10.4. The van der Waals surface area contributed by atoms with E-state index in [2.05, 4.69) is 11.4 Å². The maximum atomic E-state index is 13.7. The van der Waals surface area contributed by atoms with E-state index in [9.17, 15) is 4.39 Å². The Morgan fingerprint density at radius 2 is 2.33 bits per heavy atom. The molecular formula is C11H10ClFNO. The van der Waals surface area contributed by atoms with E-state index in [1.807, 2.05) is 6.92 Å². The summed E-state index contributed by atoms with van der Waals surface area (Å²) in [6.45, 7) is 3.95. The molecule has 1 heterocycles. The van der Waals surface area contributed by atoms with Gasteiger partial charge in [0, 0.05) is 10.6 Å². The third kappa shape index (κ3) is 1.72. The zero-order chi connectivity index (χ0) is 11.1. The summed E-state index contributed by atoms with van der Waals surface area (Å²) in [6.07, 6.45) is 2.40. The van der Waals surface area contributed by atoms with Gasteiger partial charge in [0.05, 0.1) is 0 Å². The van der Waals surface area contributed by atoms with E-state index in [4.69, 9.17) is 16.3 Å². The maximum Gasteiger partial charge on any atom is 0.274 e. The highest BCUT2D eigenvalue weighted by Crippen LogP contribution is 2.33. The van der Waals surface area contributed by atoms with Crippen LogP contribution in [0.1, 0.15) is 18.1 Å². The summed E-state index contributed by atoms with van der Waals surface area (Å²) in [5.74, 6) is -0.357. The van der Waals surface area contributed by atoms with Crippen LogP contribution < -0.4 is 0 Å². The van der Waals surface area contributed by atoms with Crippen molar-refractivity contribution < 1.29 is 9.13 Å². The second-order valence-corrected chi connectivity index (χ2v) is 4.25. The lowest BCUT2D eigenvalue weighted by atomic mass is 9.92. The normalized spacial score (nSPS) is 24.3. The van der Waals surface area contributed by atoms with Crippen LogP contribution in [0.4, 0.5) is 4.39 Å². The van der Waals surface area contributed by atoms with Crippen molar-refractivity contribution in [1.82, 2.24) is 0 Å². The lowest BCUT2D eigenvalue weighted by Crippen LogP contribution is -2.22. The smallest absolute Gasteiger partial charge is 0.274 e. The van der Waals surface area contributed by atoms with E-state index in [-0.39, 0.29) is 5.82 Å². The molecule has 1 unspecified atom stereocenters. The van der Waals surface area contributed by atoms with E-state index >= 15 is 0 Å². The Morgan fingerprint density at radius 3 is 2.93 bits per heavy atom. The lowest BCUT2D eigenvalue weighted by Gasteiger charge is -2.20. The van der Waals surface area contributed by atoms with Crippen molar-refractivity contribution in [3.63, 3.8) is 0 Å². The summed E-state index contributed by atoms with van der Waals surface area (Å²) in [7, 11) is 0. The summed E-state index contributed by atoms with van der Waals surface area (Å²) in [4.78, 5) is 4.01. The van der Waals surface area contributed by atoms with Gasteiger partial charge >= 0.3 is 0 Å². The van der Waals surface area contributed by atoms with Crippen molar-refractivity contribution in [2.75, 3.05) is 6.61 Å². The molecule has 0 saturated carbocycles. The molecule has 1 aliphatic rings. The van der Waals surface area contributed by atoms with Gasteiger partial charge in [-0.05, 0) is 31.5 Å². The largest absolute Gasteiger partial charge is 0.471 e. The van der Waals surface area contributed by atoms with Gasteiger partial charge in [-0.1, -0.05) is 11.6 Å². The van der Waals surface area contributed by atoms with Crippen LogP contribution in [0.5, 0.6) is 0 Å². The predicted octanol–water partition coefficient (Wildman–Crippen LogP) is 2.94. The van der Waals surface area contributed by atoms with Crippen LogP contribution in [0, 0.1) is 12.7 Å². The zero-order valence-electron chi connectivity index (χ0n) is 8.47. The first-order chi connectivity index (χ1) is 7.03. The number of nitrogens with zero attached hydrogens (tertiary/aromatic N) is 1. The molecule has 0 aliphatic carbocycles. The van der Waals surface area contributed by atoms with Crippen molar-refractivity contribution >= 4 is 18.0 Å². The summed E-state index contributed by atoms with van der Waals surface area (Å²) in [5, 5.41) is 0.423. The first-order valence-electron chi connectivity index (χ1n) is 4.58. The van der Waals surface area contributed by atoms with Gasteiger partial charge in [-0.2, -0.15) is 0 Å². The van der Waals surface area contributed by atoms with Crippen molar-refractivity contribution in [2.45, 2.75) is 19.4 Å². The van der Waals surface area contributed by atoms with Gasteiger partial charge in [-0.25, -0.2) is 9.38 Å². The fraction of sp³-hybridized carbons (Fsp3) is 0.364. The number of rotatable bonds is 1. The molecule has 1 aromatic rings. The summed E-state index contributed by atoms with van der Waals surface area (Å²) >= 11 is 5.82. The van der Waals surface area contributed by atoms with Gasteiger partial charge in [0.15, 0.2) is 0 Å². The van der Waals surface area contributed by atoms with Crippen molar-refractivity contribution in [1.29, 1.82) is 0 Å². The Kier molecular flexibility index (Phi) is 2.43. The van der Waals surface area contributed by atoms with E-state index in [1.165, 1.54) is 6.07 Å². The highest BCUT2D eigenvalue weighted by molar-refractivity contribution is 6.31. The van der Waals surface area contributed by atoms with Crippen LogP contribution in [0.3, 0.4) is 0 Å². The highest BCUT2D eigenvalue weighted by Gasteiger charge is 2.33. The molecule has 0 spiro atoms. The Hall–Kier alpha value is -1.09. The Balaban J connectivity index is 2.53. The van der Waals surface area contributed by atoms with E-state index < -0.39 is 5.54 Å². The van der Waals surface area contributed by atoms with E-state index in [0.29, 0.717) is 17.2 Å². The number of hydrogen-bond acceptors (Lipinski definition) is 2. The molecule has 0 amide bonds. The molecule has 1 aromatic carbocycles. The molecule has 0 aromatic heterocycles. The second-order valence-electron chi connectivity index (χ2n) is 3.85. The average molecular weight is 227 g/mol. The number of aliphatic imine (C=N–C) groups is 1. The maximum absolute atomic E-state index is 13.7. The average Bonchev–Trinajstić information content (AvgIpc) is 2.60. The van der Waals surface area contributed by atoms with Crippen LogP contribution in [0.15, 0.2) is 17.1 Å². The van der Waals surface area contributed by atoms with Crippen molar-refractivity contribution in [3.05, 3.63) is 34.1 Å². The first-order valence-corrected chi connectivity index (χ1v) is 4.95. The van der Waals surface area contributed by atoms with Crippen LogP contribution in [0.2, 0.25) is 5.02 Å². The number of aryl methyl sites for hydroxylation is 1. The topological polar surface area (TPSA) is 21.6 Å².